The highest BCUT2D eigenvalue weighted by molar-refractivity contribution is 6.31. The first-order chi connectivity index (χ1) is 7.56. The quantitative estimate of drug-likeness (QED) is 0.894. The molecule has 0 saturated carbocycles. The third-order valence-electron chi connectivity index (χ3n) is 2.66. The van der Waals surface area contributed by atoms with Crippen molar-refractivity contribution in [2.45, 2.75) is 26.3 Å². The number of hydrogen-bond acceptors (Lipinski definition) is 3. The number of halogens is 1. The summed E-state index contributed by atoms with van der Waals surface area (Å²) in [7, 11) is 0. The molecule has 4 heteroatoms. The Morgan fingerprint density at radius 3 is 2.88 bits per heavy atom. The Balaban J connectivity index is 2.26. The second kappa shape index (κ2) is 4.44. The van der Waals surface area contributed by atoms with Crippen LogP contribution in [0.5, 0.6) is 0 Å². The predicted molar refractivity (Wildman–Crippen MR) is 65.5 cm³/mol. The maximum absolute atomic E-state index is 5.97. The van der Waals surface area contributed by atoms with Gasteiger partial charge in [0.15, 0.2) is 11.5 Å². The molecule has 0 bridgehead atoms. The number of hydrogen-bond donors (Lipinski definition) is 1. The van der Waals surface area contributed by atoms with Crippen LogP contribution in [0.1, 0.15) is 19.7 Å². The maximum atomic E-state index is 5.97. The molecule has 0 aliphatic heterocycles. The van der Waals surface area contributed by atoms with Crippen LogP contribution in [0, 0.1) is 5.92 Å². The van der Waals surface area contributed by atoms with Crippen LogP contribution in [0.2, 0.25) is 5.02 Å². The summed E-state index contributed by atoms with van der Waals surface area (Å²) in [6, 6.07) is 5.49. The van der Waals surface area contributed by atoms with Gasteiger partial charge in [0.2, 0.25) is 0 Å². The summed E-state index contributed by atoms with van der Waals surface area (Å²) in [5.41, 5.74) is 7.52. The van der Waals surface area contributed by atoms with Crippen molar-refractivity contribution < 1.29 is 4.42 Å². The van der Waals surface area contributed by atoms with Crippen molar-refractivity contribution in [3.05, 3.63) is 29.1 Å². The average molecular weight is 239 g/mol. The van der Waals surface area contributed by atoms with E-state index in [9.17, 15) is 0 Å². The molecule has 16 heavy (non-hydrogen) atoms. The van der Waals surface area contributed by atoms with Crippen LogP contribution in [-0.2, 0) is 6.42 Å². The summed E-state index contributed by atoms with van der Waals surface area (Å²) in [5, 5.41) is 0.667. The van der Waals surface area contributed by atoms with Crippen LogP contribution < -0.4 is 5.73 Å². The van der Waals surface area contributed by atoms with Crippen molar-refractivity contribution in [1.82, 2.24) is 4.98 Å². The van der Waals surface area contributed by atoms with Gasteiger partial charge >= 0.3 is 0 Å². The Hall–Kier alpha value is -1.06. The van der Waals surface area contributed by atoms with E-state index in [1.54, 1.807) is 12.1 Å². The van der Waals surface area contributed by atoms with Gasteiger partial charge in [0.05, 0.1) is 0 Å². The normalized spacial score (nSPS) is 13.6. The topological polar surface area (TPSA) is 52.0 Å². The minimum Gasteiger partial charge on any atom is -0.441 e. The summed E-state index contributed by atoms with van der Waals surface area (Å²) in [4.78, 5) is 4.36. The van der Waals surface area contributed by atoms with Crippen LogP contribution in [0.15, 0.2) is 22.6 Å². The van der Waals surface area contributed by atoms with Gasteiger partial charge in [-0.1, -0.05) is 25.4 Å². The smallest absolute Gasteiger partial charge is 0.197 e. The Kier molecular flexibility index (Phi) is 3.17. The van der Waals surface area contributed by atoms with E-state index in [-0.39, 0.29) is 6.04 Å². The van der Waals surface area contributed by atoms with E-state index >= 15 is 0 Å². The largest absolute Gasteiger partial charge is 0.441 e. The molecule has 1 heterocycles. The first-order valence-electron chi connectivity index (χ1n) is 5.37. The van der Waals surface area contributed by atoms with Crippen molar-refractivity contribution in [2.75, 3.05) is 0 Å². The highest BCUT2D eigenvalue weighted by Crippen LogP contribution is 2.21. The fourth-order valence-corrected chi connectivity index (χ4v) is 1.64. The lowest BCUT2D eigenvalue weighted by atomic mass is 10.0. The molecule has 1 atom stereocenters. The summed E-state index contributed by atoms with van der Waals surface area (Å²) in [5.74, 6) is 1.09. The second-order valence-corrected chi connectivity index (χ2v) is 4.77. The van der Waals surface area contributed by atoms with E-state index in [4.69, 9.17) is 21.8 Å². The van der Waals surface area contributed by atoms with Gasteiger partial charge in [-0.3, -0.25) is 0 Å². The number of nitrogens with zero attached hydrogens (tertiary/aromatic N) is 1. The van der Waals surface area contributed by atoms with E-state index in [2.05, 4.69) is 18.8 Å². The maximum Gasteiger partial charge on any atom is 0.197 e. The van der Waals surface area contributed by atoms with Crippen molar-refractivity contribution in [3.8, 4) is 0 Å². The van der Waals surface area contributed by atoms with Crippen molar-refractivity contribution in [1.29, 1.82) is 0 Å². The van der Waals surface area contributed by atoms with E-state index in [0.29, 0.717) is 23.3 Å². The molecule has 0 aliphatic rings. The average Bonchev–Trinajstić information content (AvgIpc) is 2.58. The number of nitrogens with two attached hydrogens (primary N) is 1. The zero-order chi connectivity index (χ0) is 11.7. The Morgan fingerprint density at radius 2 is 2.19 bits per heavy atom. The van der Waals surface area contributed by atoms with E-state index in [0.717, 1.165) is 11.1 Å². The van der Waals surface area contributed by atoms with Gasteiger partial charge in [-0.25, -0.2) is 4.98 Å². The van der Waals surface area contributed by atoms with Crippen molar-refractivity contribution in [3.63, 3.8) is 0 Å². The molecular weight excluding hydrogens is 224 g/mol. The van der Waals surface area contributed by atoms with Crippen molar-refractivity contribution in [2.24, 2.45) is 11.7 Å². The second-order valence-electron chi connectivity index (χ2n) is 4.33. The van der Waals surface area contributed by atoms with Crippen LogP contribution in [0.3, 0.4) is 0 Å². The first-order valence-corrected chi connectivity index (χ1v) is 5.74. The Bertz CT molecular complexity index is 493. The molecule has 0 amide bonds. The molecule has 0 radical (unpaired) electrons. The molecule has 2 N–H and O–H groups in total. The number of aromatic nitrogens is 1. The highest BCUT2D eigenvalue weighted by atomic mass is 35.5. The minimum atomic E-state index is 0.0727. The van der Waals surface area contributed by atoms with Crippen LogP contribution in [0.4, 0.5) is 0 Å². The van der Waals surface area contributed by atoms with Crippen molar-refractivity contribution >= 4 is 22.7 Å². The van der Waals surface area contributed by atoms with Gasteiger partial charge in [0, 0.05) is 17.5 Å². The molecule has 0 fully saturated rings. The fourth-order valence-electron chi connectivity index (χ4n) is 1.47. The summed E-state index contributed by atoms with van der Waals surface area (Å²) in [6.07, 6.45) is 0.657. The SMILES string of the molecule is CC(C)C(N)Cc1nc2cc(Cl)ccc2o1. The molecule has 1 unspecified atom stereocenters. The molecule has 0 aliphatic carbocycles. The summed E-state index contributed by atoms with van der Waals surface area (Å²) < 4.78 is 5.59. The minimum absolute atomic E-state index is 0.0727. The van der Waals surface area contributed by atoms with Gasteiger partial charge in [-0.05, 0) is 24.1 Å². The predicted octanol–water partition coefficient (Wildman–Crippen LogP) is 3.01. The number of fused-ring (bicyclic) bond motifs is 1. The van der Waals surface area contributed by atoms with Gasteiger partial charge in [0.25, 0.3) is 0 Å². The van der Waals surface area contributed by atoms with Crippen LogP contribution >= 0.6 is 11.6 Å². The summed E-state index contributed by atoms with van der Waals surface area (Å²) in [6.45, 7) is 4.17. The molecule has 86 valence electrons. The van der Waals surface area contributed by atoms with Crippen LogP contribution in [-0.4, -0.2) is 11.0 Å². The lowest BCUT2D eigenvalue weighted by Crippen LogP contribution is -2.28. The number of rotatable bonds is 3. The third-order valence-corrected chi connectivity index (χ3v) is 2.90. The van der Waals surface area contributed by atoms with E-state index in [1.165, 1.54) is 0 Å². The Labute approximate surface area is 99.6 Å². The van der Waals surface area contributed by atoms with Crippen LogP contribution in [0.25, 0.3) is 11.1 Å². The van der Waals surface area contributed by atoms with Gasteiger partial charge < -0.3 is 10.2 Å². The zero-order valence-electron chi connectivity index (χ0n) is 9.40. The van der Waals surface area contributed by atoms with E-state index < -0.39 is 0 Å². The van der Waals surface area contributed by atoms with Gasteiger partial charge in [-0.15, -0.1) is 0 Å². The van der Waals surface area contributed by atoms with Gasteiger partial charge in [-0.2, -0.15) is 0 Å². The Morgan fingerprint density at radius 1 is 1.44 bits per heavy atom. The van der Waals surface area contributed by atoms with Gasteiger partial charge in [0.1, 0.15) is 5.52 Å². The molecule has 2 aromatic rings. The molecule has 2 rings (SSSR count). The lowest BCUT2D eigenvalue weighted by molar-refractivity contribution is 0.433. The molecule has 1 aromatic carbocycles. The third kappa shape index (κ3) is 2.36. The molecule has 0 spiro atoms. The monoisotopic (exact) mass is 238 g/mol. The molecule has 0 saturated heterocycles. The van der Waals surface area contributed by atoms with E-state index in [1.807, 2.05) is 6.07 Å². The zero-order valence-corrected chi connectivity index (χ0v) is 10.2. The molecule has 1 aromatic heterocycles. The molecule has 3 nitrogen and oxygen atoms in total. The molecular formula is C12H15ClN2O. The number of oxazole rings is 1. The summed E-state index contributed by atoms with van der Waals surface area (Å²) >= 11 is 5.88. The number of benzene rings is 1. The standard InChI is InChI=1S/C12H15ClN2O/c1-7(2)9(14)6-12-15-10-5-8(13)3-4-11(10)16-12/h3-5,7,9H,6,14H2,1-2H3. The fraction of sp³-hybridized carbons (Fsp3) is 0.417. The first kappa shape index (κ1) is 11.4. The lowest BCUT2D eigenvalue weighted by Gasteiger charge is -2.12. The highest BCUT2D eigenvalue weighted by Gasteiger charge is 2.13.